The first kappa shape index (κ1) is 14.7. The lowest BCUT2D eigenvalue weighted by Gasteiger charge is -2.44. The highest BCUT2D eigenvalue weighted by atomic mass is 32.2. The van der Waals surface area contributed by atoms with Gasteiger partial charge in [-0.3, -0.25) is 0 Å². The van der Waals surface area contributed by atoms with Gasteiger partial charge in [-0.2, -0.15) is 0 Å². The third-order valence-electron chi connectivity index (χ3n) is 3.67. The molecule has 0 amide bonds. The number of hydrogen-bond acceptors (Lipinski definition) is 3. The maximum Gasteiger partial charge on any atom is 0.136 e. The van der Waals surface area contributed by atoms with Gasteiger partial charge < -0.3 is 9.29 Å². The molecule has 1 saturated carbocycles. The quantitative estimate of drug-likeness (QED) is 0.862. The summed E-state index contributed by atoms with van der Waals surface area (Å²) in [5.74, 6) is 0.854. The number of hydrogen-bond donors (Lipinski definition) is 1. The minimum atomic E-state index is -1.06. The minimum absolute atomic E-state index is 0.146. The number of methoxy groups -OCH3 is 1. The summed E-state index contributed by atoms with van der Waals surface area (Å²) in [6, 6.07) is 8.08. The Labute approximate surface area is 119 Å². The van der Waals surface area contributed by atoms with E-state index in [1.165, 1.54) is 12.0 Å². The molecule has 0 aliphatic heterocycles. The molecule has 1 unspecified atom stereocenters. The molecule has 0 saturated heterocycles. The summed E-state index contributed by atoms with van der Waals surface area (Å²) in [4.78, 5) is 0. The maximum absolute atomic E-state index is 12.4. The molecule has 1 fully saturated rings. The van der Waals surface area contributed by atoms with Crippen LogP contribution < -0.4 is 9.46 Å². The largest absolute Gasteiger partial charge is 0.598 e. The van der Waals surface area contributed by atoms with Gasteiger partial charge in [0.15, 0.2) is 0 Å². The Morgan fingerprint density at radius 3 is 2.47 bits per heavy atom. The van der Waals surface area contributed by atoms with Crippen molar-refractivity contribution in [3.63, 3.8) is 0 Å². The van der Waals surface area contributed by atoms with Crippen LogP contribution in [0.25, 0.3) is 0 Å². The van der Waals surface area contributed by atoms with Gasteiger partial charge in [-0.15, -0.1) is 4.72 Å². The zero-order chi connectivity index (χ0) is 14.1. The Hall–Kier alpha value is -0.710. The number of ether oxygens (including phenoxy) is 1. The number of rotatable bonds is 4. The summed E-state index contributed by atoms with van der Waals surface area (Å²) >= 11 is -1.06. The third kappa shape index (κ3) is 3.07. The lowest BCUT2D eigenvalue weighted by atomic mass is 9.73. The van der Waals surface area contributed by atoms with E-state index in [1.807, 2.05) is 39.0 Å². The highest BCUT2D eigenvalue weighted by Gasteiger charge is 2.45. The van der Waals surface area contributed by atoms with Gasteiger partial charge in [-0.25, -0.2) is 0 Å². The van der Waals surface area contributed by atoms with Crippen molar-refractivity contribution in [1.82, 2.24) is 4.72 Å². The minimum Gasteiger partial charge on any atom is -0.598 e. The zero-order valence-electron chi connectivity index (χ0n) is 12.2. The first-order valence-corrected chi connectivity index (χ1v) is 7.87. The number of nitrogens with one attached hydrogen (secondary N) is 1. The van der Waals surface area contributed by atoms with E-state index in [0.29, 0.717) is 0 Å². The van der Waals surface area contributed by atoms with Crippen LogP contribution in [-0.4, -0.2) is 16.4 Å². The number of benzene rings is 1. The van der Waals surface area contributed by atoms with Crippen LogP contribution in [0.3, 0.4) is 0 Å². The van der Waals surface area contributed by atoms with Crippen molar-refractivity contribution < 1.29 is 9.29 Å². The molecular weight excluding hydrogens is 258 g/mol. The van der Waals surface area contributed by atoms with Crippen LogP contribution in [0, 0.1) is 0 Å². The fourth-order valence-corrected chi connectivity index (χ4v) is 3.21. The van der Waals surface area contributed by atoms with Crippen molar-refractivity contribution in [2.45, 2.75) is 50.3 Å². The normalized spacial score (nSPS) is 19.6. The van der Waals surface area contributed by atoms with Gasteiger partial charge >= 0.3 is 0 Å². The van der Waals surface area contributed by atoms with E-state index in [1.54, 1.807) is 7.11 Å². The highest BCUT2D eigenvalue weighted by Crippen LogP contribution is 2.43. The predicted octanol–water partition coefficient (Wildman–Crippen LogP) is 3.13. The van der Waals surface area contributed by atoms with Gasteiger partial charge in [-0.05, 0) is 57.7 Å². The summed E-state index contributed by atoms with van der Waals surface area (Å²) in [5.41, 5.74) is 1.03. The van der Waals surface area contributed by atoms with E-state index in [9.17, 15) is 4.55 Å². The summed E-state index contributed by atoms with van der Waals surface area (Å²) in [7, 11) is 1.67. The Morgan fingerprint density at radius 1 is 1.32 bits per heavy atom. The van der Waals surface area contributed by atoms with Crippen LogP contribution in [0.2, 0.25) is 0 Å². The van der Waals surface area contributed by atoms with Crippen molar-refractivity contribution in [2.24, 2.45) is 0 Å². The molecule has 0 bridgehead atoms. The average molecular weight is 281 g/mol. The monoisotopic (exact) mass is 281 g/mol. The van der Waals surface area contributed by atoms with Crippen LogP contribution in [0.15, 0.2) is 24.3 Å². The van der Waals surface area contributed by atoms with Crippen LogP contribution in [0.1, 0.15) is 45.6 Å². The lowest BCUT2D eigenvalue weighted by molar-refractivity contribution is 0.222. The first-order valence-electron chi connectivity index (χ1n) is 6.72. The van der Waals surface area contributed by atoms with Crippen molar-refractivity contribution in [1.29, 1.82) is 0 Å². The molecule has 1 N–H and O–H groups in total. The SMILES string of the molecule is COc1cccc(C2(N[S+]([O-])C(C)(C)C)CCC2)c1. The molecule has 2 rings (SSSR count). The topological polar surface area (TPSA) is 44.3 Å². The van der Waals surface area contributed by atoms with Crippen molar-refractivity contribution >= 4 is 11.4 Å². The molecule has 1 aromatic rings. The molecule has 0 spiro atoms. The second-order valence-corrected chi connectivity index (χ2v) is 8.12. The summed E-state index contributed by atoms with van der Waals surface area (Å²) in [6.07, 6.45) is 3.23. The fraction of sp³-hybridized carbons (Fsp3) is 0.600. The maximum atomic E-state index is 12.4. The van der Waals surface area contributed by atoms with E-state index < -0.39 is 11.4 Å². The molecule has 1 aliphatic rings. The van der Waals surface area contributed by atoms with Crippen molar-refractivity contribution in [3.05, 3.63) is 29.8 Å². The second kappa shape index (κ2) is 5.35. The van der Waals surface area contributed by atoms with E-state index in [2.05, 4.69) is 10.8 Å². The zero-order valence-corrected chi connectivity index (χ0v) is 13.0. The molecule has 0 heterocycles. The summed E-state index contributed by atoms with van der Waals surface area (Å²) in [5, 5.41) is 0. The van der Waals surface area contributed by atoms with E-state index >= 15 is 0 Å². The van der Waals surface area contributed by atoms with Crippen LogP contribution in [0.5, 0.6) is 5.75 Å². The Balaban J connectivity index is 2.22. The molecule has 1 aromatic carbocycles. The standard InChI is InChI=1S/C15H23NO2S/c1-14(2,3)19(17)16-15(9-6-10-15)12-7-5-8-13(11-12)18-4/h5,7-8,11,16H,6,9-10H2,1-4H3. The van der Waals surface area contributed by atoms with Gasteiger partial charge in [0.25, 0.3) is 0 Å². The van der Waals surface area contributed by atoms with Gasteiger partial charge in [0.2, 0.25) is 0 Å². The molecular formula is C15H23NO2S. The summed E-state index contributed by atoms with van der Waals surface area (Å²) < 4.78 is 20.8. The highest BCUT2D eigenvalue weighted by molar-refractivity contribution is 7.90. The molecule has 0 aromatic heterocycles. The van der Waals surface area contributed by atoms with E-state index in [4.69, 9.17) is 4.74 Å². The molecule has 3 nitrogen and oxygen atoms in total. The lowest BCUT2D eigenvalue weighted by Crippen LogP contribution is -2.54. The average Bonchev–Trinajstić information content (AvgIpc) is 2.32. The molecule has 4 heteroatoms. The Morgan fingerprint density at radius 2 is 2.00 bits per heavy atom. The molecule has 19 heavy (non-hydrogen) atoms. The Kier molecular flexibility index (Phi) is 4.14. The van der Waals surface area contributed by atoms with Gasteiger partial charge in [0.1, 0.15) is 10.5 Å². The predicted molar refractivity (Wildman–Crippen MR) is 79.6 cm³/mol. The molecule has 1 atom stereocenters. The van der Waals surface area contributed by atoms with Crippen LogP contribution in [0.4, 0.5) is 0 Å². The smallest absolute Gasteiger partial charge is 0.136 e. The second-order valence-electron chi connectivity index (χ2n) is 6.15. The first-order chi connectivity index (χ1) is 8.87. The van der Waals surface area contributed by atoms with Crippen LogP contribution in [-0.2, 0) is 16.9 Å². The van der Waals surface area contributed by atoms with E-state index in [-0.39, 0.29) is 10.3 Å². The van der Waals surface area contributed by atoms with Gasteiger partial charge in [0.05, 0.1) is 12.6 Å². The summed E-state index contributed by atoms with van der Waals surface area (Å²) in [6.45, 7) is 5.98. The molecule has 1 aliphatic carbocycles. The molecule has 106 valence electrons. The fourth-order valence-electron chi connectivity index (χ4n) is 2.23. The molecule has 0 radical (unpaired) electrons. The van der Waals surface area contributed by atoms with E-state index in [0.717, 1.165) is 18.6 Å². The van der Waals surface area contributed by atoms with Gasteiger partial charge in [-0.1, -0.05) is 12.1 Å². The third-order valence-corrected chi connectivity index (χ3v) is 5.36. The van der Waals surface area contributed by atoms with Gasteiger partial charge in [0, 0.05) is 11.4 Å². The van der Waals surface area contributed by atoms with Crippen molar-refractivity contribution in [3.8, 4) is 5.75 Å². The van der Waals surface area contributed by atoms with Crippen LogP contribution >= 0.6 is 0 Å². The Bertz CT molecular complexity index is 438. The van der Waals surface area contributed by atoms with Crippen molar-refractivity contribution in [2.75, 3.05) is 7.11 Å².